The molecule has 1 rings (SSSR count). The zero-order chi connectivity index (χ0) is 12.1. The summed E-state index contributed by atoms with van der Waals surface area (Å²) in [6.45, 7) is 1.38. The highest BCUT2D eigenvalue weighted by Gasteiger charge is 2.13. The van der Waals surface area contributed by atoms with Gasteiger partial charge in [-0.3, -0.25) is 9.59 Å². The van der Waals surface area contributed by atoms with Gasteiger partial charge in [-0.15, -0.1) is 0 Å². The molecule has 0 spiro atoms. The Labute approximate surface area is 92.1 Å². The van der Waals surface area contributed by atoms with Gasteiger partial charge in [0.25, 0.3) is 0 Å². The second kappa shape index (κ2) is 5.25. The summed E-state index contributed by atoms with van der Waals surface area (Å²) in [6.07, 6.45) is 0.0396. The van der Waals surface area contributed by atoms with Gasteiger partial charge in [-0.1, -0.05) is 12.1 Å². The second-order valence-electron chi connectivity index (χ2n) is 3.43. The quantitative estimate of drug-likeness (QED) is 0.802. The van der Waals surface area contributed by atoms with Crippen molar-refractivity contribution in [3.8, 4) is 0 Å². The van der Waals surface area contributed by atoms with Crippen molar-refractivity contribution in [1.82, 2.24) is 5.32 Å². The van der Waals surface area contributed by atoms with Crippen LogP contribution in [0, 0.1) is 5.82 Å². The molecule has 0 fully saturated rings. The number of amides is 1. The van der Waals surface area contributed by atoms with Crippen LogP contribution in [0.1, 0.15) is 12.5 Å². The summed E-state index contributed by atoms with van der Waals surface area (Å²) >= 11 is 0. The van der Waals surface area contributed by atoms with Crippen LogP contribution in [0.2, 0.25) is 0 Å². The van der Waals surface area contributed by atoms with E-state index in [4.69, 9.17) is 5.11 Å². The van der Waals surface area contributed by atoms with Gasteiger partial charge in [0.1, 0.15) is 11.9 Å². The van der Waals surface area contributed by atoms with Crippen LogP contribution in [0.25, 0.3) is 0 Å². The third-order valence-electron chi connectivity index (χ3n) is 2.03. The number of halogens is 1. The number of carboxylic acid groups (broad SMARTS) is 1. The van der Waals surface area contributed by atoms with Gasteiger partial charge in [0.15, 0.2) is 0 Å². The lowest BCUT2D eigenvalue weighted by molar-refractivity contribution is -0.141. The van der Waals surface area contributed by atoms with Crippen LogP contribution in [0.5, 0.6) is 0 Å². The Morgan fingerprint density at radius 1 is 1.38 bits per heavy atom. The fraction of sp³-hybridized carbons (Fsp3) is 0.273. The molecule has 0 bridgehead atoms. The van der Waals surface area contributed by atoms with Crippen LogP contribution in [0.15, 0.2) is 24.3 Å². The molecule has 0 aliphatic carbocycles. The summed E-state index contributed by atoms with van der Waals surface area (Å²) in [5.41, 5.74) is 0.636. The summed E-state index contributed by atoms with van der Waals surface area (Å²) in [5.74, 6) is -1.86. The molecule has 1 aromatic carbocycles. The molecule has 0 aliphatic rings. The average Bonchev–Trinajstić information content (AvgIpc) is 2.21. The van der Waals surface area contributed by atoms with Gasteiger partial charge in [0.2, 0.25) is 5.91 Å². The molecule has 4 nitrogen and oxygen atoms in total. The van der Waals surface area contributed by atoms with E-state index in [1.54, 1.807) is 0 Å². The van der Waals surface area contributed by atoms with Crippen molar-refractivity contribution in [2.24, 2.45) is 0 Å². The zero-order valence-corrected chi connectivity index (χ0v) is 8.74. The molecule has 86 valence electrons. The van der Waals surface area contributed by atoms with Crippen molar-refractivity contribution >= 4 is 11.9 Å². The topological polar surface area (TPSA) is 66.4 Å². The minimum absolute atomic E-state index is 0.0396. The minimum Gasteiger partial charge on any atom is -0.480 e. The van der Waals surface area contributed by atoms with E-state index in [1.807, 2.05) is 0 Å². The molecule has 1 atom stereocenters. The van der Waals surface area contributed by atoms with Gasteiger partial charge < -0.3 is 10.4 Å². The molecule has 5 heteroatoms. The van der Waals surface area contributed by atoms with E-state index in [-0.39, 0.29) is 12.2 Å². The van der Waals surface area contributed by atoms with E-state index in [0.29, 0.717) is 5.56 Å². The van der Waals surface area contributed by atoms with Gasteiger partial charge >= 0.3 is 5.97 Å². The van der Waals surface area contributed by atoms with Gasteiger partial charge in [0.05, 0.1) is 6.42 Å². The van der Waals surface area contributed by atoms with Crippen molar-refractivity contribution in [2.75, 3.05) is 0 Å². The molecule has 1 aromatic rings. The van der Waals surface area contributed by atoms with Gasteiger partial charge in [-0.25, -0.2) is 4.39 Å². The molecule has 0 aliphatic heterocycles. The molecule has 0 radical (unpaired) electrons. The van der Waals surface area contributed by atoms with Crippen LogP contribution in [0.4, 0.5) is 4.39 Å². The highest BCUT2D eigenvalue weighted by molar-refractivity contribution is 5.84. The van der Waals surface area contributed by atoms with Crippen LogP contribution in [0.3, 0.4) is 0 Å². The van der Waals surface area contributed by atoms with Gasteiger partial charge in [-0.2, -0.15) is 0 Å². The second-order valence-corrected chi connectivity index (χ2v) is 3.43. The predicted molar refractivity (Wildman–Crippen MR) is 55.3 cm³/mol. The average molecular weight is 225 g/mol. The maximum Gasteiger partial charge on any atom is 0.325 e. The van der Waals surface area contributed by atoms with Crippen molar-refractivity contribution in [2.45, 2.75) is 19.4 Å². The number of carboxylic acids is 1. The SMILES string of the molecule is CC(NC(=O)Cc1ccc(F)cc1)C(=O)O. The third kappa shape index (κ3) is 3.68. The van der Waals surface area contributed by atoms with Crippen LogP contribution >= 0.6 is 0 Å². The summed E-state index contributed by atoms with van der Waals surface area (Å²) < 4.78 is 12.6. The highest BCUT2D eigenvalue weighted by atomic mass is 19.1. The first-order valence-electron chi connectivity index (χ1n) is 4.75. The third-order valence-corrected chi connectivity index (χ3v) is 2.03. The summed E-state index contributed by atoms with van der Waals surface area (Å²) in [4.78, 5) is 21.8. The van der Waals surface area contributed by atoms with E-state index in [1.165, 1.54) is 31.2 Å². The van der Waals surface area contributed by atoms with Crippen molar-refractivity contribution in [3.05, 3.63) is 35.6 Å². The van der Waals surface area contributed by atoms with E-state index < -0.39 is 17.9 Å². The van der Waals surface area contributed by atoms with Crippen molar-refractivity contribution in [3.63, 3.8) is 0 Å². The lowest BCUT2D eigenvalue weighted by atomic mass is 10.1. The summed E-state index contributed by atoms with van der Waals surface area (Å²) in [6, 6.07) is 4.56. The first-order chi connectivity index (χ1) is 7.49. The smallest absolute Gasteiger partial charge is 0.325 e. The molecule has 2 N–H and O–H groups in total. The largest absolute Gasteiger partial charge is 0.480 e. The molecular weight excluding hydrogens is 213 g/mol. The van der Waals surface area contributed by atoms with Crippen molar-refractivity contribution < 1.29 is 19.1 Å². The standard InChI is InChI=1S/C11H12FNO3/c1-7(11(15)16)13-10(14)6-8-2-4-9(12)5-3-8/h2-5,7H,6H2,1H3,(H,13,14)(H,15,16). The van der Waals surface area contributed by atoms with Crippen molar-refractivity contribution in [1.29, 1.82) is 0 Å². The van der Waals surface area contributed by atoms with E-state index in [0.717, 1.165) is 0 Å². The Kier molecular flexibility index (Phi) is 3.99. The normalized spacial score (nSPS) is 11.9. The fourth-order valence-corrected chi connectivity index (χ4v) is 1.14. The number of carbonyl (C=O) groups is 2. The lowest BCUT2D eigenvalue weighted by Crippen LogP contribution is -2.39. The van der Waals surface area contributed by atoms with Crippen LogP contribution in [-0.4, -0.2) is 23.0 Å². The molecule has 0 saturated carbocycles. The van der Waals surface area contributed by atoms with E-state index >= 15 is 0 Å². The number of hydrogen-bond acceptors (Lipinski definition) is 2. The zero-order valence-electron chi connectivity index (χ0n) is 8.74. The Balaban J connectivity index is 2.52. The Hall–Kier alpha value is -1.91. The number of carbonyl (C=O) groups excluding carboxylic acids is 1. The number of benzene rings is 1. The molecule has 16 heavy (non-hydrogen) atoms. The predicted octanol–water partition coefficient (Wildman–Crippen LogP) is 0.957. The minimum atomic E-state index is -1.09. The number of aliphatic carboxylic acids is 1. The molecule has 0 aromatic heterocycles. The summed E-state index contributed by atoms with van der Waals surface area (Å²) in [5, 5.41) is 10.9. The van der Waals surface area contributed by atoms with Crippen LogP contribution in [-0.2, 0) is 16.0 Å². The first kappa shape index (κ1) is 12.2. The van der Waals surface area contributed by atoms with Gasteiger partial charge in [0, 0.05) is 0 Å². The highest BCUT2D eigenvalue weighted by Crippen LogP contribution is 2.03. The Morgan fingerprint density at radius 2 is 1.94 bits per heavy atom. The monoisotopic (exact) mass is 225 g/mol. The molecule has 1 amide bonds. The summed E-state index contributed by atoms with van der Waals surface area (Å²) in [7, 11) is 0. The lowest BCUT2D eigenvalue weighted by Gasteiger charge is -2.08. The number of nitrogens with one attached hydrogen (secondary N) is 1. The van der Waals surface area contributed by atoms with Crippen LogP contribution < -0.4 is 5.32 Å². The molecule has 0 saturated heterocycles. The maximum absolute atomic E-state index is 12.6. The Bertz CT molecular complexity index is 389. The van der Waals surface area contributed by atoms with E-state index in [2.05, 4.69) is 5.32 Å². The first-order valence-corrected chi connectivity index (χ1v) is 4.75. The Morgan fingerprint density at radius 3 is 2.44 bits per heavy atom. The number of hydrogen-bond donors (Lipinski definition) is 2. The molecular formula is C11H12FNO3. The molecule has 0 heterocycles. The van der Waals surface area contributed by atoms with Gasteiger partial charge in [-0.05, 0) is 24.6 Å². The molecule has 1 unspecified atom stereocenters. The fourth-order valence-electron chi connectivity index (χ4n) is 1.14. The number of rotatable bonds is 4. The maximum atomic E-state index is 12.6. The van der Waals surface area contributed by atoms with E-state index in [9.17, 15) is 14.0 Å².